The average Bonchev–Trinajstić information content (AvgIpc) is 2.02. The second-order valence-electron chi connectivity index (χ2n) is 3.55. The minimum absolute atomic E-state index is 0.223. The molecular weight excluding hydrogens is 168 g/mol. The highest BCUT2D eigenvalue weighted by Gasteiger charge is 2.20. The minimum Gasteiger partial charge on any atom is -0.466 e. The van der Waals surface area contributed by atoms with Crippen LogP contribution >= 0.6 is 0 Å². The monoisotopic (exact) mass is 188 g/mol. The Bertz CT molecular complexity index is 152. The molecule has 0 amide bonds. The van der Waals surface area contributed by atoms with Crippen molar-refractivity contribution in [1.29, 1.82) is 0 Å². The number of aliphatic hydroxyl groups is 1. The molecule has 78 valence electrons. The Hall–Kier alpha value is -0.570. The number of ether oxygens (including phenoxy) is 1. The number of esters is 1. The summed E-state index contributed by atoms with van der Waals surface area (Å²) in [5.41, 5.74) is -0.721. The summed E-state index contributed by atoms with van der Waals surface area (Å²) in [6.07, 6.45) is 2.45. The maximum Gasteiger partial charge on any atom is 0.305 e. The number of carbonyl (C=O) groups is 1. The summed E-state index contributed by atoms with van der Waals surface area (Å²) in [6, 6.07) is 0. The molecule has 3 nitrogen and oxygen atoms in total. The molecular formula is C10H20O3. The second-order valence-corrected chi connectivity index (χ2v) is 3.55. The zero-order chi connectivity index (χ0) is 10.3. The molecule has 0 bridgehead atoms. The van der Waals surface area contributed by atoms with E-state index < -0.39 is 5.60 Å². The molecule has 0 aromatic rings. The topological polar surface area (TPSA) is 46.5 Å². The van der Waals surface area contributed by atoms with E-state index in [2.05, 4.69) is 0 Å². The first-order valence-corrected chi connectivity index (χ1v) is 4.90. The average molecular weight is 188 g/mol. The largest absolute Gasteiger partial charge is 0.466 e. The lowest BCUT2D eigenvalue weighted by Crippen LogP contribution is -2.25. The van der Waals surface area contributed by atoms with Gasteiger partial charge in [0.25, 0.3) is 0 Å². The predicted molar refractivity (Wildman–Crippen MR) is 51.4 cm³/mol. The first-order chi connectivity index (χ1) is 6.02. The van der Waals surface area contributed by atoms with Gasteiger partial charge in [0, 0.05) is 6.42 Å². The Morgan fingerprint density at radius 1 is 1.38 bits per heavy atom. The Balaban J connectivity index is 3.67. The van der Waals surface area contributed by atoms with E-state index in [0.717, 1.165) is 12.8 Å². The van der Waals surface area contributed by atoms with E-state index in [1.807, 2.05) is 6.92 Å². The molecule has 3 heteroatoms. The molecule has 0 heterocycles. The SMILES string of the molecule is CCCC(C)(O)CCC(=O)OCC. The lowest BCUT2D eigenvalue weighted by Gasteiger charge is -2.21. The van der Waals surface area contributed by atoms with E-state index >= 15 is 0 Å². The van der Waals surface area contributed by atoms with E-state index in [0.29, 0.717) is 19.4 Å². The van der Waals surface area contributed by atoms with Gasteiger partial charge in [0.1, 0.15) is 0 Å². The summed E-state index contributed by atoms with van der Waals surface area (Å²) in [4.78, 5) is 11.0. The molecule has 1 unspecified atom stereocenters. The molecule has 0 aliphatic rings. The van der Waals surface area contributed by atoms with Crippen LogP contribution in [-0.4, -0.2) is 23.3 Å². The molecule has 1 atom stereocenters. The molecule has 0 fully saturated rings. The van der Waals surface area contributed by atoms with Gasteiger partial charge in [0.2, 0.25) is 0 Å². The lowest BCUT2D eigenvalue weighted by molar-refractivity contribution is -0.144. The summed E-state index contributed by atoms with van der Waals surface area (Å²) in [6.45, 7) is 5.96. The van der Waals surface area contributed by atoms with Crippen LogP contribution < -0.4 is 0 Å². The van der Waals surface area contributed by atoms with Crippen molar-refractivity contribution in [2.24, 2.45) is 0 Å². The van der Waals surface area contributed by atoms with Gasteiger partial charge in [-0.3, -0.25) is 4.79 Å². The molecule has 0 saturated carbocycles. The lowest BCUT2D eigenvalue weighted by atomic mass is 9.95. The third-order valence-corrected chi connectivity index (χ3v) is 1.96. The van der Waals surface area contributed by atoms with Gasteiger partial charge in [-0.25, -0.2) is 0 Å². The standard InChI is InChI=1S/C10H20O3/c1-4-7-10(3,12)8-6-9(11)13-5-2/h12H,4-8H2,1-3H3. The molecule has 0 aromatic heterocycles. The predicted octanol–water partition coefficient (Wildman–Crippen LogP) is 1.88. The molecule has 0 rings (SSSR count). The van der Waals surface area contributed by atoms with Crippen molar-refractivity contribution in [3.63, 3.8) is 0 Å². The van der Waals surface area contributed by atoms with E-state index in [4.69, 9.17) is 4.74 Å². The van der Waals surface area contributed by atoms with E-state index in [1.165, 1.54) is 0 Å². The Labute approximate surface area is 80.1 Å². The highest BCUT2D eigenvalue weighted by atomic mass is 16.5. The van der Waals surface area contributed by atoms with Crippen molar-refractivity contribution in [2.75, 3.05) is 6.61 Å². The van der Waals surface area contributed by atoms with Crippen molar-refractivity contribution >= 4 is 5.97 Å². The summed E-state index contributed by atoms with van der Waals surface area (Å²) >= 11 is 0. The molecule has 0 spiro atoms. The molecule has 0 saturated heterocycles. The van der Waals surface area contributed by atoms with E-state index in [-0.39, 0.29) is 5.97 Å². The fraction of sp³-hybridized carbons (Fsp3) is 0.900. The van der Waals surface area contributed by atoms with Crippen LogP contribution in [0.3, 0.4) is 0 Å². The quantitative estimate of drug-likeness (QED) is 0.647. The van der Waals surface area contributed by atoms with Gasteiger partial charge in [0.05, 0.1) is 12.2 Å². The van der Waals surface area contributed by atoms with Crippen LogP contribution in [-0.2, 0) is 9.53 Å². The number of rotatable bonds is 6. The second kappa shape index (κ2) is 5.97. The van der Waals surface area contributed by atoms with Crippen LogP contribution in [0.1, 0.15) is 46.5 Å². The molecule has 0 radical (unpaired) electrons. The van der Waals surface area contributed by atoms with Crippen molar-refractivity contribution < 1.29 is 14.6 Å². The fourth-order valence-electron chi connectivity index (χ4n) is 1.27. The van der Waals surface area contributed by atoms with Crippen LogP contribution in [0.2, 0.25) is 0 Å². The summed E-state index contributed by atoms with van der Waals surface area (Å²) in [5, 5.41) is 9.72. The smallest absolute Gasteiger partial charge is 0.305 e. The minimum atomic E-state index is -0.721. The van der Waals surface area contributed by atoms with E-state index in [9.17, 15) is 9.90 Å². The van der Waals surface area contributed by atoms with Crippen LogP contribution in [0.15, 0.2) is 0 Å². The maximum atomic E-state index is 11.0. The number of hydrogen-bond acceptors (Lipinski definition) is 3. The maximum absolute atomic E-state index is 11.0. The summed E-state index contributed by atoms with van der Waals surface area (Å²) in [7, 11) is 0. The zero-order valence-electron chi connectivity index (χ0n) is 8.80. The van der Waals surface area contributed by atoms with Gasteiger partial charge < -0.3 is 9.84 Å². The van der Waals surface area contributed by atoms with Crippen LogP contribution in [0.5, 0.6) is 0 Å². The van der Waals surface area contributed by atoms with Gasteiger partial charge in [-0.2, -0.15) is 0 Å². The normalized spacial score (nSPS) is 15.1. The molecule has 0 aliphatic carbocycles. The molecule has 13 heavy (non-hydrogen) atoms. The highest BCUT2D eigenvalue weighted by Crippen LogP contribution is 2.18. The van der Waals surface area contributed by atoms with Crippen molar-refractivity contribution in [3.05, 3.63) is 0 Å². The summed E-state index contributed by atoms with van der Waals surface area (Å²) < 4.78 is 4.77. The van der Waals surface area contributed by atoms with Gasteiger partial charge in [0.15, 0.2) is 0 Å². The van der Waals surface area contributed by atoms with Crippen LogP contribution in [0, 0.1) is 0 Å². The Morgan fingerprint density at radius 3 is 2.46 bits per heavy atom. The van der Waals surface area contributed by atoms with Gasteiger partial charge in [-0.05, 0) is 26.7 Å². The third kappa shape index (κ3) is 6.58. The molecule has 0 aliphatic heterocycles. The first-order valence-electron chi connectivity index (χ1n) is 4.90. The van der Waals surface area contributed by atoms with E-state index in [1.54, 1.807) is 13.8 Å². The molecule has 0 aromatic carbocycles. The zero-order valence-corrected chi connectivity index (χ0v) is 8.80. The van der Waals surface area contributed by atoms with Crippen molar-refractivity contribution in [1.82, 2.24) is 0 Å². The van der Waals surface area contributed by atoms with Crippen molar-refractivity contribution in [2.45, 2.75) is 52.1 Å². The van der Waals surface area contributed by atoms with Gasteiger partial charge in [-0.15, -0.1) is 0 Å². The Kier molecular flexibility index (Phi) is 5.71. The van der Waals surface area contributed by atoms with Crippen molar-refractivity contribution in [3.8, 4) is 0 Å². The van der Waals surface area contributed by atoms with Gasteiger partial charge >= 0.3 is 5.97 Å². The van der Waals surface area contributed by atoms with Crippen LogP contribution in [0.4, 0.5) is 0 Å². The fourth-order valence-corrected chi connectivity index (χ4v) is 1.27. The highest BCUT2D eigenvalue weighted by molar-refractivity contribution is 5.69. The first kappa shape index (κ1) is 12.4. The summed E-state index contributed by atoms with van der Waals surface area (Å²) in [5.74, 6) is -0.223. The number of hydrogen-bond donors (Lipinski definition) is 1. The number of carbonyl (C=O) groups excluding carboxylic acids is 1. The third-order valence-electron chi connectivity index (χ3n) is 1.96. The Morgan fingerprint density at radius 2 is 2.00 bits per heavy atom. The van der Waals surface area contributed by atoms with Crippen LogP contribution in [0.25, 0.3) is 0 Å². The van der Waals surface area contributed by atoms with Gasteiger partial charge in [-0.1, -0.05) is 13.3 Å². The molecule has 1 N–H and O–H groups in total.